The molecule has 0 spiro atoms. The van der Waals surface area contributed by atoms with Crippen molar-refractivity contribution in [3.8, 4) is 62.1 Å². The van der Waals surface area contributed by atoms with Crippen LogP contribution in [0.25, 0.3) is 106 Å². The summed E-state index contributed by atoms with van der Waals surface area (Å²) < 4.78 is 9.08. The van der Waals surface area contributed by atoms with E-state index in [1.54, 1.807) is 0 Å². The molecule has 3 aromatic heterocycles. The van der Waals surface area contributed by atoms with Gasteiger partial charge in [-0.05, 0) is 58.7 Å². The minimum atomic E-state index is 0.587. The van der Waals surface area contributed by atoms with Crippen molar-refractivity contribution in [3.05, 3.63) is 194 Å². The van der Waals surface area contributed by atoms with E-state index in [4.69, 9.17) is 19.4 Å². The van der Waals surface area contributed by atoms with Crippen molar-refractivity contribution in [1.82, 2.24) is 19.5 Å². The lowest BCUT2D eigenvalue weighted by atomic mass is 10.0. The first-order chi connectivity index (χ1) is 27.8. The maximum atomic E-state index is 6.75. The molecule has 3 heterocycles. The molecule has 0 aliphatic heterocycles. The van der Waals surface area contributed by atoms with Gasteiger partial charge < -0.3 is 8.98 Å². The predicted octanol–water partition coefficient (Wildman–Crippen LogP) is 13.2. The van der Waals surface area contributed by atoms with E-state index in [2.05, 4.69) is 150 Å². The van der Waals surface area contributed by atoms with Crippen molar-refractivity contribution < 1.29 is 4.42 Å². The SMILES string of the molecule is c1ccc(-c2ccc(-c3nc(-c4ccccc4)nc(-c4ccccc4-n4c5ccc(-c6ccccc6)cc5c5ccc6c7ccccc7oc6c54)n3)cc2)cc1. The van der Waals surface area contributed by atoms with Crippen molar-refractivity contribution in [3.63, 3.8) is 0 Å². The molecular weight excluding hydrogens is 685 g/mol. The van der Waals surface area contributed by atoms with Gasteiger partial charge in [0.05, 0.1) is 16.7 Å². The standard InChI is InChI=1S/C51H32N4O/c1-4-14-33(15-5-1)35-24-26-37(27-25-35)50-52-49(36-18-8-3-9-19-36)53-51(54-50)42-21-10-12-22-44(42)55-45-31-28-38(34-16-6-2-7-17-34)32-43(45)40-29-30-41-39-20-11-13-23-46(39)56-48(41)47(40)55/h1-32H. The summed E-state index contributed by atoms with van der Waals surface area (Å²) in [7, 11) is 0. The van der Waals surface area contributed by atoms with Crippen LogP contribution in [-0.4, -0.2) is 19.5 Å². The van der Waals surface area contributed by atoms with Gasteiger partial charge in [0.15, 0.2) is 23.1 Å². The quantitative estimate of drug-likeness (QED) is 0.172. The second-order valence-electron chi connectivity index (χ2n) is 14.0. The summed E-state index contributed by atoms with van der Waals surface area (Å²) in [5.41, 5.74) is 12.1. The first-order valence-electron chi connectivity index (χ1n) is 18.8. The molecule has 11 rings (SSSR count). The summed E-state index contributed by atoms with van der Waals surface area (Å²) in [5.74, 6) is 1.81. The lowest BCUT2D eigenvalue weighted by Crippen LogP contribution is -2.03. The average Bonchev–Trinajstić information content (AvgIpc) is 3.83. The van der Waals surface area contributed by atoms with Crippen LogP contribution in [0, 0.1) is 0 Å². The molecular formula is C51H32N4O. The maximum absolute atomic E-state index is 6.75. The lowest BCUT2D eigenvalue weighted by Gasteiger charge is -2.15. The van der Waals surface area contributed by atoms with E-state index in [1.165, 1.54) is 5.56 Å². The van der Waals surface area contributed by atoms with E-state index in [-0.39, 0.29) is 0 Å². The number of hydrogen-bond donors (Lipinski definition) is 0. The topological polar surface area (TPSA) is 56.7 Å². The molecule has 0 saturated heterocycles. The van der Waals surface area contributed by atoms with Gasteiger partial charge in [0.1, 0.15) is 5.58 Å². The van der Waals surface area contributed by atoms with Gasteiger partial charge in [-0.15, -0.1) is 0 Å². The van der Waals surface area contributed by atoms with Crippen molar-refractivity contribution in [1.29, 1.82) is 0 Å². The minimum absolute atomic E-state index is 0.587. The normalized spacial score (nSPS) is 11.6. The van der Waals surface area contributed by atoms with E-state index in [0.29, 0.717) is 17.5 Å². The third-order valence-electron chi connectivity index (χ3n) is 10.7. The molecule has 11 aromatic rings. The third-order valence-corrected chi connectivity index (χ3v) is 10.7. The fraction of sp³-hybridized carbons (Fsp3) is 0. The summed E-state index contributed by atoms with van der Waals surface area (Å²) in [5, 5.41) is 4.41. The van der Waals surface area contributed by atoms with Crippen LogP contribution in [-0.2, 0) is 0 Å². The monoisotopic (exact) mass is 716 g/mol. The van der Waals surface area contributed by atoms with Crippen LogP contribution in [0.15, 0.2) is 199 Å². The highest BCUT2D eigenvalue weighted by Gasteiger charge is 2.23. The second kappa shape index (κ2) is 13.0. The van der Waals surface area contributed by atoms with Crippen LogP contribution in [0.3, 0.4) is 0 Å². The van der Waals surface area contributed by atoms with Gasteiger partial charge in [0.25, 0.3) is 0 Å². The van der Waals surface area contributed by atoms with Gasteiger partial charge in [-0.25, -0.2) is 15.0 Å². The zero-order valence-electron chi connectivity index (χ0n) is 30.2. The third kappa shape index (κ3) is 5.29. The van der Waals surface area contributed by atoms with Gasteiger partial charge in [-0.2, -0.15) is 0 Å². The summed E-state index contributed by atoms with van der Waals surface area (Å²) in [4.78, 5) is 15.5. The highest BCUT2D eigenvalue weighted by atomic mass is 16.3. The minimum Gasteiger partial charge on any atom is -0.454 e. The van der Waals surface area contributed by atoms with E-state index in [1.807, 2.05) is 48.5 Å². The molecule has 0 unspecified atom stereocenters. The summed E-state index contributed by atoms with van der Waals surface area (Å²) in [6.07, 6.45) is 0. The van der Waals surface area contributed by atoms with E-state index in [0.717, 1.165) is 82.8 Å². The van der Waals surface area contributed by atoms with Crippen LogP contribution in [0.2, 0.25) is 0 Å². The first-order valence-corrected chi connectivity index (χ1v) is 18.8. The van der Waals surface area contributed by atoms with E-state index in [9.17, 15) is 0 Å². The van der Waals surface area contributed by atoms with Crippen LogP contribution >= 0.6 is 0 Å². The fourth-order valence-electron chi connectivity index (χ4n) is 7.98. The van der Waals surface area contributed by atoms with Crippen LogP contribution < -0.4 is 0 Å². The molecule has 0 aliphatic carbocycles. The fourth-order valence-corrected chi connectivity index (χ4v) is 7.98. The number of furan rings is 1. The Labute approximate surface area is 322 Å². The molecule has 5 nitrogen and oxygen atoms in total. The van der Waals surface area contributed by atoms with Crippen molar-refractivity contribution in [2.45, 2.75) is 0 Å². The largest absolute Gasteiger partial charge is 0.454 e. The number of hydrogen-bond acceptors (Lipinski definition) is 4. The number of aromatic nitrogens is 4. The Kier molecular flexibility index (Phi) is 7.42. The van der Waals surface area contributed by atoms with Crippen LogP contribution in [0.4, 0.5) is 0 Å². The van der Waals surface area contributed by atoms with E-state index >= 15 is 0 Å². The molecule has 0 N–H and O–H groups in total. The highest BCUT2D eigenvalue weighted by Crippen LogP contribution is 2.43. The number of fused-ring (bicyclic) bond motifs is 7. The number of nitrogens with zero attached hydrogens (tertiary/aromatic N) is 4. The van der Waals surface area contributed by atoms with Crippen LogP contribution in [0.1, 0.15) is 0 Å². The van der Waals surface area contributed by atoms with Gasteiger partial charge in [-0.3, -0.25) is 0 Å². The smallest absolute Gasteiger partial charge is 0.166 e. The molecule has 0 aliphatic rings. The molecule has 0 amide bonds. The first kappa shape index (κ1) is 31.9. The van der Waals surface area contributed by atoms with Gasteiger partial charge in [0, 0.05) is 38.2 Å². The average molecular weight is 717 g/mol. The molecule has 0 bridgehead atoms. The Balaban J connectivity index is 1.17. The molecule has 262 valence electrons. The Hall–Kier alpha value is -7.63. The molecule has 56 heavy (non-hydrogen) atoms. The summed E-state index contributed by atoms with van der Waals surface area (Å²) >= 11 is 0. The summed E-state index contributed by atoms with van der Waals surface area (Å²) in [6, 6.07) is 67.3. The van der Waals surface area contributed by atoms with E-state index < -0.39 is 0 Å². The number of rotatable bonds is 6. The molecule has 0 saturated carbocycles. The maximum Gasteiger partial charge on any atom is 0.166 e. The highest BCUT2D eigenvalue weighted by molar-refractivity contribution is 6.22. The Bertz CT molecular complexity index is 3220. The lowest BCUT2D eigenvalue weighted by molar-refractivity contribution is 0.671. The molecule has 5 heteroatoms. The van der Waals surface area contributed by atoms with Crippen molar-refractivity contribution >= 4 is 43.7 Å². The number of para-hydroxylation sites is 2. The Morgan fingerprint density at radius 3 is 1.61 bits per heavy atom. The number of benzene rings is 8. The molecule has 8 aromatic carbocycles. The zero-order chi connectivity index (χ0) is 37.0. The van der Waals surface area contributed by atoms with Crippen LogP contribution in [0.5, 0.6) is 0 Å². The molecule has 0 atom stereocenters. The summed E-state index contributed by atoms with van der Waals surface area (Å²) in [6.45, 7) is 0. The Morgan fingerprint density at radius 2 is 0.875 bits per heavy atom. The van der Waals surface area contributed by atoms with Gasteiger partial charge in [0.2, 0.25) is 0 Å². The van der Waals surface area contributed by atoms with Crippen molar-refractivity contribution in [2.24, 2.45) is 0 Å². The predicted molar refractivity (Wildman–Crippen MR) is 229 cm³/mol. The molecule has 0 fully saturated rings. The Morgan fingerprint density at radius 1 is 0.357 bits per heavy atom. The van der Waals surface area contributed by atoms with Crippen molar-refractivity contribution in [2.75, 3.05) is 0 Å². The van der Waals surface area contributed by atoms with Gasteiger partial charge in [-0.1, -0.05) is 158 Å². The zero-order valence-corrected chi connectivity index (χ0v) is 30.2. The van der Waals surface area contributed by atoms with Gasteiger partial charge >= 0.3 is 0 Å². The second-order valence-corrected chi connectivity index (χ2v) is 14.0. The molecule has 0 radical (unpaired) electrons.